The lowest BCUT2D eigenvalue weighted by molar-refractivity contribution is -0.132. The van der Waals surface area contributed by atoms with Crippen molar-refractivity contribution in [3.63, 3.8) is 0 Å². The molecule has 1 aromatic carbocycles. The van der Waals surface area contributed by atoms with Gasteiger partial charge in [-0.05, 0) is 24.8 Å². The van der Waals surface area contributed by atoms with Crippen LogP contribution in [0.5, 0.6) is 0 Å². The molecule has 0 bridgehead atoms. The summed E-state index contributed by atoms with van der Waals surface area (Å²) in [5.41, 5.74) is 1.82. The fourth-order valence-electron chi connectivity index (χ4n) is 2.07. The highest BCUT2D eigenvalue weighted by Gasteiger charge is 2.17. The van der Waals surface area contributed by atoms with Crippen molar-refractivity contribution in [2.75, 3.05) is 0 Å². The van der Waals surface area contributed by atoms with Crippen LogP contribution in [0.15, 0.2) is 42.0 Å². The molecule has 2 rings (SSSR count). The summed E-state index contributed by atoms with van der Waals surface area (Å²) in [6.07, 6.45) is 4.23. The van der Waals surface area contributed by atoms with Gasteiger partial charge >= 0.3 is 5.97 Å². The third kappa shape index (κ3) is 3.43. The zero-order valence-corrected chi connectivity index (χ0v) is 9.73. The Balaban J connectivity index is 1.81. The van der Waals surface area contributed by atoms with Gasteiger partial charge in [-0.25, -0.2) is 4.79 Å². The second kappa shape index (κ2) is 5.64. The average molecular weight is 231 g/mol. The van der Waals surface area contributed by atoms with E-state index in [1.54, 1.807) is 0 Å². The van der Waals surface area contributed by atoms with E-state index in [4.69, 9.17) is 5.11 Å². The highest BCUT2D eigenvalue weighted by atomic mass is 16.4. The van der Waals surface area contributed by atoms with Crippen molar-refractivity contribution in [3.8, 4) is 0 Å². The van der Waals surface area contributed by atoms with Crippen LogP contribution < -0.4 is 5.32 Å². The first-order chi connectivity index (χ1) is 8.25. The molecule has 0 saturated heterocycles. The van der Waals surface area contributed by atoms with E-state index < -0.39 is 5.97 Å². The Labute approximate surface area is 101 Å². The third-order valence-corrected chi connectivity index (χ3v) is 3.12. The van der Waals surface area contributed by atoms with E-state index in [1.807, 2.05) is 24.3 Å². The molecule has 0 fully saturated rings. The normalized spacial score (nSPS) is 19.8. The van der Waals surface area contributed by atoms with Crippen LogP contribution in [0, 0.1) is 0 Å². The maximum atomic E-state index is 10.8. The van der Waals surface area contributed by atoms with Crippen LogP contribution in [0.3, 0.4) is 0 Å². The molecule has 1 atom stereocenters. The van der Waals surface area contributed by atoms with E-state index in [0.717, 1.165) is 19.4 Å². The Morgan fingerprint density at radius 3 is 2.71 bits per heavy atom. The van der Waals surface area contributed by atoms with Gasteiger partial charge in [-0.1, -0.05) is 36.4 Å². The molecular weight excluding hydrogens is 214 g/mol. The lowest BCUT2D eigenvalue weighted by Crippen LogP contribution is -2.30. The van der Waals surface area contributed by atoms with Gasteiger partial charge in [0.15, 0.2) is 0 Å². The van der Waals surface area contributed by atoms with E-state index in [2.05, 4.69) is 17.4 Å². The van der Waals surface area contributed by atoms with Crippen molar-refractivity contribution >= 4 is 5.97 Å². The molecule has 1 aliphatic carbocycles. The number of carboxylic acids is 1. The van der Waals surface area contributed by atoms with Crippen LogP contribution in [0.4, 0.5) is 0 Å². The van der Waals surface area contributed by atoms with Gasteiger partial charge in [-0.3, -0.25) is 0 Å². The Morgan fingerprint density at radius 1 is 1.35 bits per heavy atom. The van der Waals surface area contributed by atoms with Crippen molar-refractivity contribution < 1.29 is 9.90 Å². The summed E-state index contributed by atoms with van der Waals surface area (Å²) < 4.78 is 0. The first-order valence-electron chi connectivity index (χ1n) is 5.95. The Bertz CT molecular complexity index is 411. The SMILES string of the molecule is O=C(O)C1=CCC(NCc2ccccc2)CC1. The first kappa shape index (κ1) is 11.9. The summed E-state index contributed by atoms with van der Waals surface area (Å²) in [6.45, 7) is 0.849. The molecule has 1 aromatic rings. The monoisotopic (exact) mass is 231 g/mol. The Morgan fingerprint density at radius 2 is 2.12 bits per heavy atom. The number of aliphatic carboxylic acids is 1. The lowest BCUT2D eigenvalue weighted by atomic mass is 9.95. The molecule has 1 unspecified atom stereocenters. The molecule has 1 aliphatic rings. The summed E-state index contributed by atoms with van der Waals surface area (Å²) in [6, 6.07) is 10.6. The van der Waals surface area contributed by atoms with Crippen LogP contribution in [-0.4, -0.2) is 17.1 Å². The van der Waals surface area contributed by atoms with E-state index in [1.165, 1.54) is 5.56 Å². The molecular formula is C14H17NO2. The van der Waals surface area contributed by atoms with Crippen molar-refractivity contribution in [2.45, 2.75) is 31.8 Å². The number of hydrogen-bond donors (Lipinski definition) is 2. The summed E-state index contributed by atoms with van der Waals surface area (Å²) >= 11 is 0. The minimum Gasteiger partial charge on any atom is -0.478 e. The topological polar surface area (TPSA) is 49.3 Å². The maximum Gasteiger partial charge on any atom is 0.331 e. The van der Waals surface area contributed by atoms with Crippen molar-refractivity contribution in [3.05, 3.63) is 47.5 Å². The number of hydrogen-bond acceptors (Lipinski definition) is 2. The molecule has 17 heavy (non-hydrogen) atoms. The van der Waals surface area contributed by atoms with Gasteiger partial charge in [0.1, 0.15) is 0 Å². The first-order valence-corrected chi connectivity index (χ1v) is 5.95. The quantitative estimate of drug-likeness (QED) is 0.836. The minimum absolute atomic E-state index is 0.401. The van der Waals surface area contributed by atoms with Crippen LogP contribution >= 0.6 is 0 Å². The molecule has 0 saturated carbocycles. The molecule has 0 radical (unpaired) electrons. The van der Waals surface area contributed by atoms with Gasteiger partial charge in [0.2, 0.25) is 0 Å². The third-order valence-electron chi connectivity index (χ3n) is 3.12. The number of carbonyl (C=O) groups is 1. The average Bonchev–Trinajstić information content (AvgIpc) is 2.38. The van der Waals surface area contributed by atoms with Crippen molar-refractivity contribution in [1.82, 2.24) is 5.32 Å². The number of rotatable bonds is 4. The van der Waals surface area contributed by atoms with E-state index >= 15 is 0 Å². The fraction of sp³-hybridized carbons (Fsp3) is 0.357. The smallest absolute Gasteiger partial charge is 0.331 e. The predicted molar refractivity (Wildman–Crippen MR) is 66.6 cm³/mol. The van der Waals surface area contributed by atoms with Crippen molar-refractivity contribution in [2.24, 2.45) is 0 Å². The summed E-state index contributed by atoms with van der Waals surface area (Å²) in [5.74, 6) is -0.772. The second-order valence-electron chi connectivity index (χ2n) is 4.37. The van der Waals surface area contributed by atoms with Crippen LogP contribution in [0.25, 0.3) is 0 Å². The largest absolute Gasteiger partial charge is 0.478 e. The molecule has 0 heterocycles. The van der Waals surface area contributed by atoms with Crippen molar-refractivity contribution in [1.29, 1.82) is 0 Å². The molecule has 90 valence electrons. The zero-order chi connectivity index (χ0) is 12.1. The number of nitrogens with one attached hydrogen (secondary N) is 1. The Kier molecular flexibility index (Phi) is 3.94. The standard InChI is InChI=1S/C14H17NO2/c16-14(17)12-6-8-13(9-7-12)15-10-11-4-2-1-3-5-11/h1-6,13,15H,7-10H2,(H,16,17). The number of carboxylic acid groups (broad SMARTS) is 1. The predicted octanol–water partition coefficient (Wildman–Crippen LogP) is 2.34. The summed E-state index contributed by atoms with van der Waals surface area (Å²) in [7, 11) is 0. The van der Waals surface area contributed by atoms with E-state index in [0.29, 0.717) is 18.0 Å². The van der Waals surface area contributed by atoms with Gasteiger partial charge < -0.3 is 10.4 Å². The Hall–Kier alpha value is -1.61. The maximum absolute atomic E-state index is 10.8. The molecule has 3 nitrogen and oxygen atoms in total. The molecule has 3 heteroatoms. The second-order valence-corrected chi connectivity index (χ2v) is 4.37. The van der Waals surface area contributed by atoms with Gasteiger partial charge in [0.05, 0.1) is 0 Å². The van der Waals surface area contributed by atoms with Gasteiger partial charge in [0, 0.05) is 18.2 Å². The lowest BCUT2D eigenvalue weighted by Gasteiger charge is -2.21. The molecule has 0 aliphatic heterocycles. The summed E-state index contributed by atoms with van der Waals surface area (Å²) in [4.78, 5) is 10.8. The van der Waals surface area contributed by atoms with Gasteiger partial charge in [-0.2, -0.15) is 0 Å². The highest BCUT2D eigenvalue weighted by molar-refractivity contribution is 5.86. The van der Waals surface area contributed by atoms with Gasteiger partial charge in [0.25, 0.3) is 0 Å². The zero-order valence-electron chi connectivity index (χ0n) is 9.73. The van der Waals surface area contributed by atoms with Gasteiger partial charge in [-0.15, -0.1) is 0 Å². The van der Waals surface area contributed by atoms with E-state index in [-0.39, 0.29) is 0 Å². The van der Waals surface area contributed by atoms with E-state index in [9.17, 15) is 4.79 Å². The number of benzene rings is 1. The van der Waals surface area contributed by atoms with Crippen LogP contribution in [-0.2, 0) is 11.3 Å². The minimum atomic E-state index is -0.772. The van der Waals surface area contributed by atoms with Crippen LogP contribution in [0.1, 0.15) is 24.8 Å². The van der Waals surface area contributed by atoms with Crippen LogP contribution in [0.2, 0.25) is 0 Å². The molecule has 0 aromatic heterocycles. The molecule has 0 spiro atoms. The fourth-order valence-corrected chi connectivity index (χ4v) is 2.07. The molecule has 0 amide bonds. The molecule has 2 N–H and O–H groups in total. The highest BCUT2D eigenvalue weighted by Crippen LogP contribution is 2.18. The summed E-state index contributed by atoms with van der Waals surface area (Å²) in [5, 5.41) is 12.3.